The van der Waals surface area contributed by atoms with E-state index in [0.717, 1.165) is 17.5 Å². The van der Waals surface area contributed by atoms with Crippen molar-refractivity contribution in [2.75, 3.05) is 0 Å². The molecule has 2 rings (SSSR count). The first-order chi connectivity index (χ1) is 9.56. The molecule has 1 aliphatic rings. The van der Waals surface area contributed by atoms with Crippen molar-refractivity contribution in [3.63, 3.8) is 0 Å². The second-order valence-electron chi connectivity index (χ2n) is 4.85. The van der Waals surface area contributed by atoms with Gasteiger partial charge in [-0.25, -0.2) is 4.79 Å². The molecule has 0 spiro atoms. The quantitative estimate of drug-likeness (QED) is 0.816. The van der Waals surface area contributed by atoms with E-state index in [-0.39, 0.29) is 18.5 Å². The Morgan fingerprint density at radius 2 is 2.15 bits per heavy atom. The van der Waals surface area contributed by atoms with E-state index >= 15 is 0 Å². The van der Waals surface area contributed by atoms with Crippen molar-refractivity contribution in [2.45, 2.75) is 38.9 Å². The zero-order valence-electron chi connectivity index (χ0n) is 11.4. The first-order valence-electron chi connectivity index (χ1n) is 6.66. The molecule has 1 atom stereocenters. The molecule has 1 aromatic carbocycles. The molecule has 0 aliphatic carbocycles. The van der Waals surface area contributed by atoms with Crippen molar-refractivity contribution in [2.24, 2.45) is 5.73 Å². The summed E-state index contributed by atoms with van der Waals surface area (Å²) in [4.78, 5) is 25.2. The van der Waals surface area contributed by atoms with Gasteiger partial charge < -0.3 is 11.1 Å². The van der Waals surface area contributed by atoms with Crippen molar-refractivity contribution >= 4 is 23.5 Å². The van der Waals surface area contributed by atoms with E-state index in [2.05, 4.69) is 5.32 Å². The maximum atomic E-state index is 12.1. The molecule has 1 unspecified atom stereocenters. The number of nitrogens with one attached hydrogen (secondary N) is 1. The van der Waals surface area contributed by atoms with Crippen LogP contribution in [0, 0.1) is 0 Å². The van der Waals surface area contributed by atoms with Crippen LogP contribution in [0.15, 0.2) is 18.2 Å². The number of carbonyl (C=O) groups is 2. The summed E-state index contributed by atoms with van der Waals surface area (Å²) in [7, 11) is 0. The Balaban J connectivity index is 2.13. The Kier molecular flexibility index (Phi) is 4.62. The first kappa shape index (κ1) is 14.8. The van der Waals surface area contributed by atoms with Crippen LogP contribution in [0.4, 0.5) is 4.79 Å². The number of nitrogens with zero attached hydrogens (tertiary/aromatic N) is 1. The van der Waals surface area contributed by atoms with Gasteiger partial charge in [-0.05, 0) is 23.6 Å². The van der Waals surface area contributed by atoms with Gasteiger partial charge in [0.15, 0.2) is 0 Å². The van der Waals surface area contributed by atoms with Gasteiger partial charge in [0, 0.05) is 11.6 Å². The highest BCUT2D eigenvalue weighted by molar-refractivity contribution is 6.31. The number of nitrogens with two attached hydrogens (primary N) is 1. The molecule has 0 radical (unpaired) electrons. The molecule has 1 aliphatic heterocycles. The number of benzene rings is 1. The minimum Gasteiger partial charge on any atom is -0.326 e. The predicted molar refractivity (Wildman–Crippen MR) is 77.1 cm³/mol. The fourth-order valence-corrected chi connectivity index (χ4v) is 2.49. The molecule has 1 aromatic rings. The largest absolute Gasteiger partial charge is 0.326 e. The Hall–Kier alpha value is -1.59. The number of urea groups is 1. The molecular formula is C14H18ClN3O2. The van der Waals surface area contributed by atoms with Gasteiger partial charge in [-0.1, -0.05) is 37.1 Å². The third-order valence-corrected chi connectivity index (χ3v) is 3.72. The van der Waals surface area contributed by atoms with E-state index < -0.39 is 6.04 Å². The number of imide groups is 1. The highest BCUT2D eigenvalue weighted by atomic mass is 35.5. The van der Waals surface area contributed by atoms with Crippen LogP contribution in [-0.4, -0.2) is 22.9 Å². The summed E-state index contributed by atoms with van der Waals surface area (Å²) in [6, 6.07) is 4.65. The molecular weight excluding hydrogens is 278 g/mol. The smallest absolute Gasteiger partial charge is 0.325 e. The number of rotatable bonds is 5. The SMILES string of the molecule is CCCC1NC(=O)N(Cc2ccc(CN)cc2Cl)C1=O. The highest BCUT2D eigenvalue weighted by Gasteiger charge is 2.37. The molecule has 5 nitrogen and oxygen atoms in total. The lowest BCUT2D eigenvalue weighted by atomic mass is 10.1. The third-order valence-electron chi connectivity index (χ3n) is 3.37. The number of amides is 3. The van der Waals surface area contributed by atoms with Gasteiger partial charge in [-0.3, -0.25) is 9.69 Å². The Morgan fingerprint density at radius 1 is 1.40 bits per heavy atom. The van der Waals surface area contributed by atoms with E-state index in [0.29, 0.717) is 18.0 Å². The Morgan fingerprint density at radius 3 is 2.75 bits per heavy atom. The van der Waals surface area contributed by atoms with Crippen LogP contribution in [0.5, 0.6) is 0 Å². The van der Waals surface area contributed by atoms with Crippen LogP contribution in [0.1, 0.15) is 30.9 Å². The molecule has 1 heterocycles. The normalized spacial score (nSPS) is 18.6. The van der Waals surface area contributed by atoms with Crippen LogP contribution in [0.3, 0.4) is 0 Å². The first-order valence-corrected chi connectivity index (χ1v) is 7.03. The minimum atomic E-state index is -0.408. The molecule has 20 heavy (non-hydrogen) atoms. The topological polar surface area (TPSA) is 75.4 Å². The zero-order chi connectivity index (χ0) is 14.7. The van der Waals surface area contributed by atoms with Crippen LogP contribution in [0.25, 0.3) is 0 Å². The summed E-state index contributed by atoms with van der Waals surface area (Å²) < 4.78 is 0. The van der Waals surface area contributed by atoms with Gasteiger partial charge in [0.1, 0.15) is 6.04 Å². The van der Waals surface area contributed by atoms with Gasteiger partial charge in [0.25, 0.3) is 5.91 Å². The summed E-state index contributed by atoms with van der Waals surface area (Å²) in [6.45, 7) is 2.57. The fourth-order valence-electron chi connectivity index (χ4n) is 2.23. The van der Waals surface area contributed by atoms with Crippen molar-refractivity contribution in [3.8, 4) is 0 Å². The van der Waals surface area contributed by atoms with Crippen LogP contribution >= 0.6 is 11.6 Å². The van der Waals surface area contributed by atoms with Gasteiger partial charge in [-0.15, -0.1) is 0 Å². The second kappa shape index (κ2) is 6.24. The van der Waals surface area contributed by atoms with Crippen LogP contribution in [0.2, 0.25) is 5.02 Å². The summed E-state index contributed by atoms with van der Waals surface area (Å²) in [5, 5.41) is 3.21. The fraction of sp³-hybridized carbons (Fsp3) is 0.429. The number of hydrogen-bond donors (Lipinski definition) is 2. The molecule has 6 heteroatoms. The molecule has 0 saturated carbocycles. The molecule has 0 aromatic heterocycles. The van der Waals surface area contributed by atoms with Crippen molar-refractivity contribution in [3.05, 3.63) is 34.3 Å². The maximum Gasteiger partial charge on any atom is 0.325 e. The van der Waals surface area contributed by atoms with Gasteiger partial charge in [0.05, 0.1) is 6.54 Å². The number of halogens is 1. The van der Waals surface area contributed by atoms with Crippen LogP contribution in [-0.2, 0) is 17.9 Å². The lowest BCUT2D eigenvalue weighted by molar-refractivity contribution is -0.128. The van der Waals surface area contributed by atoms with Crippen molar-refractivity contribution in [1.29, 1.82) is 0 Å². The highest BCUT2D eigenvalue weighted by Crippen LogP contribution is 2.22. The molecule has 1 saturated heterocycles. The molecule has 1 fully saturated rings. The van der Waals surface area contributed by atoms with Gasteiger partial charge >= 0.3 is 6.03 Å². The third kappa shape index (κ3) is 2.94. The lowest BCUT2D eigenvalue weighted by Crippen LogP contribution is -2.31. The van der Waals surface area contributed by atoms with E-state index in [4.69, 9.17) is 17.3 Å². The molecule has 3 N–H and O–H groups in total. The van der Waals surface area contributed by atoms with E-state index in [1.165, 1.54) is 4.90 Å². The molecule has 3 amide bonds. The zero-order valence-corrected chi connectivity index (χ0v) is 12.1. The van der Waals surface area contributed by atoms with Crippen molar-refractivity contribution < 1.29 is 9.59 Å². The average Bonchev–Trinajstić information content (AvgIpc) is 2.69. The van der Waals surface area contributed by atoms with E-state index in [1.54, 1.807) is 12.1 Å². The second-order valence-corrected chi connectivity index (χ2v) is 5.25. The predicted octanol–water partition coefficient (Wildman–Crippen LogP) is 2.02. The van der Waals surface area contributed by atoms with Crippen LogP contribution < -0.4 is 11.1 Å². The number of carbonyl (C=O) groups excluding carboxylic acids is 2. The van der Waals surface area contributed by atoms with E-state index in [9.17, 15) is 9.59 Å². The van der Waals surface area contributed by atoms with Crippen molar-refractivity contribution in [1.82, 2.24) is 10.2 Å². The average molecular weight is 296 g/mol. The Bertz CT molecular complexity index is 533. The van der Waals surface area contributed by atoms with Gasteiger partial charge in [-0.2, -0.15) is 0 Å². The molecule has 108 valence electrons. The summed E-state index contributed by atoms with van der Waals surface area (Å²) >= 11 is 6.15. The van der Waals surface area contributed by atoms with E-state index in [1.807, 2.05) is 13.0 Å². The summed E-state index contributed by atoms with van der Waals surface area (Å²) in [6.07, 6.45) is 1.50. The lowest BCUT2D eigenvalue weighted by Gasteiger charge is -2.14. The Labute approximate surface area is 123 Å². The van der Waals surface area contributed by atoms with Gasteiger partial charge in [0.2, 0.25) is 0 Å². The summed E-state index contributed by atoms with van der Waals surface area (Å²) in [5.74, 6) is -0.184. The maximum absolute atomic E-state index is 12.1. The number of hydrogen-bond acceptors (Lipinski definition) is 3. The summed E-state index contributed by atoms with van der Waals surface area (Å²) in [5.41, 5.74) is 7.20. The monoisotopic (exact) mass is 295 g/mol. The minimum absolute atomic E-state index is 0.184. The standard InChI is InChI=1S/C14H18ClN3O2/c1-2-3-12-13(19)18(14(20)17-12)8-10-5-4-9(7-16)6-11(10)15/h4-6,12H,2-3,7-8,16H2,1H3,(H,17,20). The molecule has 0 bridgehead atoms.